The molecule has 0 spiro atoms. The molecule has 3 aromatic rings. The molecule has 1 aliphatic rings. The normalized spacial score (nSPS) is 15.5. The molecule has 2 aromatic carbocycles. The molecule has 0 bridgehead atoms. The number of benzene rings is 2. The summed E-state index contributed by atoms with van der Waals surface area (Å²) in [6.45, 7) is 8.48. The van der Waals surface area contributed by atoms with Crippen LogP contribution in [0.5, 0.6) is 5.75 Å². The molecule has 1 aromatic heterocycles. The maximum Gasteiger partial charge on any atom is 0.253 e. The third-order valence-corrected chi connectivity index (χ3v) is 6.24. The third-order valence-electron chi connectivity index (χ3n) is 5.88. The maximum absolute atomic E-state index is 12.9. The van der Waals surface area contributed by atoms with Gasteiger partial charge in [0, 0.05) is 24.4 Å². The number of anilines is 1. The largest absolute Gasteiger partial charge is 0.494 e. The highest BCUT2D eigenvalue weighted by atomic mass is 32.1. The number of aromatic nitrogens is 1. The predicted octanol–water partition coefficient (Wildman–Crippen LogP) is 4.92. The highest BCUT2D eigenvalue weighted by Crippen LogP contribution is 2.21. The summed E-state index contributed by atoms with van der Waals surface area (Å²) in [6, 6.07) is 13.9. The molecule has 2 N–H and O–H groups in total. The number of aromatic amines is 1. The van der Waals surface area contributed by atoms with Crippen molar-refractivity contribution in [1.82, 2.24) is 9.88 Å². The molecular formula is C26H31N3O3S. The topological polar surface area (TPSA) is 66.6 Å². The van der Waals surface area contributed by atoms with Crippen LogP contribution in [-0.4, -0.2) is 40.9 Å². The van der Waals surface area contributed by atoms with Crippen LogP contribution >= 0.6 is 12.2 Å². The van der Waals surface area contributed by atoms with E-state index >= 15 is 0 Å². The van der Waals surface area contributed by atoms with Crippen molar-refractivity contribution >= 4 is 33.9 Å². The molecular weight excluding hydrogens is 434 g/mol. The van der Waals surface area contributed by atoms with E-state index in [1.54, 1.807) is 0 Å². The Morgan fingerprint density at radius 2 is 2.03 bits per heavy atom. The first-order chi connectivity index (χ1) is 15.9. The zero-order valence-electron chi connectivity index (χ0n) is 19.4. The molecule has 174 valence electrons. The monoisotopic (exact) mass is 465 g/mol. The van der Waals surface area contributed by atoms with Crippen LogP contribution in [0.1, 0.15) is 36.5 Å². The van der Waals surface area contributed by atoms with Gasteiger partial charge in [-0.2, -0.15) is 0 Å². The average Bonchev–Trinajstić information content (AvgIpc) is 3.29. The molecule has 6 nitrogen and oxygen atoms in total. The number of hydrogen-bond acceptors (Lipinski definition) is 4. The fraction of sp³-hybridized carbons (Fsp3) is 0.385. The highest BCUT2D eigenvalue weighted by molar-refractivity contribution is 7.80. The number of nitrogens with one attached hydrogen (secondary N) is 2. The van der Waals surface area contributed by atoms with Crippen molar-refractivity contribution in [2.45, 2.75) is 46.3 Å². The van der Waals surface area contributed by atoms with Crippen LogP contribution in [0.2, 0.25) is 0 Å². The second-order valence-electron chi connectivity index (χ2n) is 8.57. The molecule has 7 heteroatoms. The zero-order chi connectivity index (χ0) is 23.4. The minimum Gasteiger partial charge on any atom is -0.494 e. The van der Waals surface area contributed by atoms with Crippen LogP contribution in [0, 0.1) is 13.8 Å². The molecule has 1 saturated heterocycles. The molecule has 4 rings (SSSR count). The third kappa shape index (κ3) is 5.72. The Balaban J connectivity index is 1.58. The van der Waals surface area contributed by atoms with E-state index in [2.05, 4.69) is 29.4 Å². The van der Waals surface area contributed by atoms with E-state index in [0.717, 1.165) is 47.4 Å². The van der Waals surface area contributed by atoms with Crippen LogP contribution in [0.4, 0.5) is 5.69 Å². The fourth-order valence-corrected chi connectivity index (χ4v) is 4.57. The van der Waals surface area contributed by atoms with Gasteiger partial charge in [0.25, 0.3) is 5.56 Å². The Morgan fingerprint density at radius 3 is 2.73 bits per heavy atom. The van der Waals surface area contributed by atoms with Crippen molar-refractivity contribution in [3.63, 3.8) is 0 Å². The lowest BCUT2D eigenvalue weighted by molar-refractivity contribution is 0.0904. The van der Waals surface area contributed by atoms with E-state index in [4.69, 9.17) is 21.7 Å². The quantitative estimate of drug-likeness (QED) is 0.483. The maximum atomic E-state index is 12.9. The number of aryl methyl sites for hydroxylation is 2. The van der Waals surface area contributed by atoms with Crippen LogP contribution in [0.3, 0.4) is 0 Å². The van der Waals surface area contributed by atoms with Crippen molar-refractivity contribution in [2.24, 2.45) is 0 Å². The second-order valence-corrected chi connectivity index (χ2v) is 8.96. The van der Waals surface area contributed by atoms with Crippen molar-refractivity contribution in [1.29, 1.82) is 0 Å². The minimum atomic E-state index is -0.0874. The Hall–Kier alpha value is -2.90. The van der Waals surface area contributed by atoms with Crippen molar-refractivity contribution in [2.75, 3.05) is 25.1 Å². The van der Waals surface area contributed by atoms with Gasteiger partial charge in [-0.25, -0.2) is 0 Å². The summed E-state index contributed by atoms with van der Waals surface area (Å²) in [5, 5.41) is 4.91. The second kappa shape index (κ2) is 10.4. The SMILES string of the molecule is CCOc1ccc(NC(=S)N(Cc2cc3cc(C)cc(C)c3[nH]c2=O)CC2CCCO2)cc1. The summed E-state index contributed by atoms with van der Waals surface area (Å²) in [4.78, 5) is 18.0. The summed E-state index contributed by atoms with van der Waals surface area (Å²) < 4.78 is 11.4. The lowest BCUT2D eigenvalue weighted by Gasteiger charge is -2.28. The number of rotatable bonds is 7. The van der Waals surface area contributed by atoms with Gasteiger partial charge in [-0.05, 0) is 93.2 Å². The standard InChI is InChI=1S/C26H31N3O3S/c1-4-31-22-9-7-21(8-10-22)27-26(33)29(16-23-6-5-11-32-23)15-20-14-19-13-17(2)12-18(3)24(19)28-25(20)30/h7-10,12-14,23H,4-6,11,15-16H2,1-3H3,(H,27,33)(H,28,30). The molecule has 1 fully saturated rings. The fourth-order valence-electron chi connectivity index (χ4n) is 4.31. The number of hydrogen-bond donors (Lipinski definition) is 2. The van der Waals surface area contributed by atoms with E-state index in [1.807, 2.05) is 49.1 Å². The first-order valence-electron chi connectivity index (χ1n) is 11.5. The first-order valence-corrected chi connectivity index (χ1v) is 11.9. The van der Waals surface area contributed by atoms with E-state index < -0.39 is 0 Å². The summed E-state index contributed by atoms with van der Waals surface area (Å²) in [7, 11) is 0. The molecule has 1 atom stereocenters. The zero-order valence-corrected chi connectivity index (χ0v) is 20.3. The molecule has 0 amide bonds. The smallest absolute Gasteiger partial charge is 0.253 e. The molecule has 0 saturated carbocycles. The molecule has 0 aliphatic carbocycles. The molecule has 2 heterocycles. The molecule has 0 radical (unpaired) electrons. The van der Waals surface area contributed by atoms with Gasteiger partial charge in [-0.15, -0.1) is 0 Å². The Kier molecular flexibility index (Phi) is 7.30. The van der Waals surface area contributed by atoms with Gasteiger partial charge in [0.05, 0.1) is 24.8 Å². The van der Waals surface area contributed by atoms with Crippen LogP contribution < -0.4 is 15.6 Å². The van der Waals surface area contributed by atoms with Gasteiger partial charge in [0.1, 0.15) is 5.75 Å². The van der Waals surface area contributed by atoms with Gasteiger partial charge < -0.3 is 24.7 Å². The summed E-state index contributed by atoms with van der Waals surface area (Å²) in [6.07, 6.45) is 2.15. The number of H-pyrrole nitrogens is 1. The molecule has 1 aliphatic heterocycles. The van der Waals surface area contributed by atoms with Crippen molar-refractivity contribution in [3.8, 4) is 5.75 Å². The molecule has 33 heavy (non-hydrogen) atoms. The van der Waals surface area contributed by atoms with Gasteiger partial charge in [-0.3, -0.25) is 4.79 Å². The number of nitrogens with zero attached hydrogens (tertiary/aromatic N) is 1. The van der Waals surface area contributed by atoms with Crippen molar-refractivity contribution in [3.05, 3.63) is 69.5 Å². The van der Waals surface area contributed by atoms with E-state index in [9.17, 15) is 4.79 Å². The highest BCUT2D eigenvalue weighted by Gasteiger charge is 2.22. The number of ether oxygens (including phenoxy) is 2. The van der Waals surface area contributed by atoms with Gasteiger partial charge >= 0.3 is 0 Å². The summed E-state index contributed by atoms with van der Waals surface area (Å²) >= 11 is 5.77. The van der Waals surface area contributed by atoms with Crippen LogP contribution in [-0.2, 0) is 11.3 Å². The van der Waals surface area contributed by atoms with Gasteiger partial charge in [0.2, 0.25) is 0 Å². The van der Waals surface area contributed by atoms with Gasteiger partial charge in [-0.1, -0.05) is 11.6 Å². The first kappa shape index (κ1) is 23.3. The molecule has 1 unspecified atom stereocenters. The number of thiocarbonyl (C=S) groups is 1. The number of fused-ring (bicyclic) bond motifs is 1. The summed E-state index contributed by atoms with van der Waals surface area (Å²) in [5.74, 6) is 0.818. The minimum absolute atomic E-state index is 0.0874. The van der Waals surface area contributed by atoms with E-state index in [1.165, 1.54) is 5.56 Å². The van der Waals surface area contributed by atoms with Crippen LogP contribution in [0.25, 0.3) is 10.9 Å². The van der Waals surface area contributed by atoms with Gasteiger partial charge in [0.15, 0.2) is 5.11 Å². The lowest BCUT2D eigenvalue weighted by Crippen LogP contribution is -2.40. The summed E-state index contributed by atoms with van der Waals surface area (Å²) in [5.41, 5.74) is 4.59. The van der Waals surface area contributed by atoms with E-state index in [0.29, 0.717) is 30.4 Å². The Labute approximate surface area is 199 Å². The number of pyridine rings is 1. The van der Waals surface area contributed by atoms with Crippen LogP contribution in [0.15, 0.2) is 47.3 Å². The Morgan fingerprint density at radius 1 is 1.24 bits per heavy atom. The van der Waals surface area contributed by atoms with Crippen molar-refractivity contribution < 1.29 is 9.47 Å². The average molecular weight is 466 g/mol. The van der Waals surface area contributed by atoms with E-state index in [-0.39, 0.29) is 11.7 Å². The Bertz CT molecular complexity index is 1180. The lowest BCUT2D eigenvalue weighted by atomic mass is 10.1. The predicted molar refractivity (Wildman–Crippen MR) is 137 cm³/mol.